The second kappa shape index (κ2) is 12.5. The summed E-state index contributed by atoms with van der Waals surface area (Å²) < 4.78 is -1.43. The van der Waals surface area contributed by atoms with Crippen molar-refractivity contribution in [3.63, 3.8) is 0 Å². The van der Waals surface area contributed by atoms with Gasteiger partial charge in [0.2, 0.25) is 0 Å². The SMILES string of the molecule is CC([PH](O)(c1ccccc1)c1ccccc1)([PH](O)(c1ccccc1)c1ccccc1)[PH](O)(c1ccccc1)c1ccccc1. The van der Waals surface area contributed by atoms with Crippen molar-refractivity contribution < 1.29 is 14.7 Å². The first-order valence-corrected chi connectivity index (χ1v) is 20.7. The Morgan fingerprint density at radius 2 is 0.432 bits per heavy atom. The molecule has 3 nitrogen and oxygen atoms in total. The van der Waals surface area contributed by atoms with Crippen molar-refractivity contribution in [1.29, 1.82) is 0 Å². The van der Waals surface area contributed by atoms with Crippen LogP contribution in [0.5, 0.6) is 0 Å². The molecule has 0 heterocycles. The van der Waals surface area contributed by atoms with E-state index in [-0.39, 0.29) is 0 Å². The quantitative estimate of drug-likeness (QED) is 0.182. The van der Waals surface area contributed by atoms with Gasteiger partial charge in [-0.2, -0.15) is 0 Å². The Balaban J connectivity index is 1.89. The summed E-state index contributed by atoms with van der Waals surface area (Å²) in [6.07, 6.45) is 0. The van der Waals surface area contributed by atoms with Gasteiger partial charge in [-0.1, -0.05) is 0 Å². The van der Waals surface area contributed by atoms with Crippen molar-refractivity contribution >= 4 is 54.3 Å². The van der Waals surface area contributed by atoms with Gasteiger partial charge < -0.3 is 0 Å². The molecular weight excluding hydrogens is 597 g/mol. The van der Waals surface area contributed by atoms with Gasteiger partial charge in [0.1, 0.15) is 0 Å². The molecule has 0 fully saturated rings. The van der Waals surface area contributed by atoms with Crippen molar-refractivity contribution in [3.8, 4) is 0 Å². The van der Waals surface area contributed by atoms with Gasteiger partial charge in [0.05, 0.1) is 0 Å². The van der Waals surface area contributed by atoms with Crippen molar-refractivity contribution in [2.75, 3.05) is 0 Å². The zero-order chi connectivity index (χ0) is 30.7. The Bertz CT molecular complexity index is 1460. The molecule has 0 atom stereocenters. The zero-order valence-corrected chi connectivity index (χ0v) is 27.7. The first kappa shape index (κ1) is 30.5. The summed E-state index contributed by atoms with van der Waals surface area (Å²) >= 11 is 0. The van der Waals surface area contributed by atoms with Gasteiger partial charge in [-0.15, -0.1) is 0 Å². The van der Waals surface area contributed by atoms with E-state index >= 15 is 0 Å². The molecule has 44 heavy (non-hydrogen) atoms. The monoisotopic (exact) mass is 636 g/mol. The van der Waals surface area contributed by atoms with Crippen LogP contribution in [0.3, 0.4) is 0 Å². The van der Waals surface area contributed by atoms with Gasteiger partial charge >= 0.3 is 263 Å². The third kappa shape index (κ3) is 4.68. The van der Waals surface area contributed by atoms with Crippen LogP contribution in [-0.2, 0) is 0 Å². The summed E-state index contributed by atoms with van der Waals surface area (Å²) in [7, 11) is -12.4. The number of benzene rings is 6. The molecule has 0 aliphatic rings. The average molecular weight is 637 g/mol. The predicted molar refractivity (Wildman–Crippen MR) is 196 cm³/mol. The minimum absolute atomic E-state index is 0.740. The van der Waals surface area contributed by atoms with Crippen LogP contribution in [0.2, 0.25) is 0 Å². The maximum absolute atomic E-state index is 14.1. The summed E-state index contributed by atoms with van der Waals surface area (Å²) in [5, 5.41) is 4.44. The summed E-state index contributed by atoms with van der Waals surface area (Å²) in [5.74, 6) is 0. The fourth-order valence-electron chi connectivity index (χ4n) is 7.09. The second-order valence-corrected chi connectivity index (χ2v) is 23.7. The van der Waals surface area contributed by atoms with E-state index in [4.69, 9.17) is 0 Å². The minimum atomic E-state index is -4.13. The summed E-state index contributed by atoms with van der Waals surface area (Å²) in [6.45, 7) is 2.00. The fourth-order valence-corrected chi connectivity index (χ4v) is 27.1. The molecule has 0 saturated carbocycles. The normalized spacial score (nSPS) is 14.7. The Morgan fingerprint density at radius 3 is 0.568 bits per heavy atom. The molecule has 0 aliphatic carbocycles. The number of hydrogen-bond donors (Lipinski definition) is 3. The second-order valence-electron chi connectivity index (χ2n) is 11.5. The van der Waals surface area contributed by atoms with E-state index in [0.29, 0.717) is 0 Å². The molecule has 6 heteroatoms. The van der Waals surface area contributed by atoms with E-state index in [9.17, 15) is 14.7 Å². The molecule has 0 amide bonds. The van der Waals surface area contributed by atoms with Gasteiger partial charge in [-0.25, -0.2) is 0 Å². The van der Waals surface area contributed by atoms with Gasteiger partial charge in [-0.05, 0) is 0 Å². The van der Waals surface area contributed by atoms with Crippen LogP contribution in [0.25, 0.3) is 0 Å². The van der Waals surface area contributed by atoms with Crippen molar-refractivity contribution in [2.45, 2.75) is 11.6 Å². The Labute approximate surface area is 261 Å². The van der Waals surface area contributed by atoms with Crippen LogP contribution in [0, 0.1) is 0 Å². The predicted octanol–water partition coefficient (Wildman–Crippen LogP) is 5.58. The third-order valence-electron chi connectivity index (χ3n) is 9.32. The maximum atomic E-state index is 14.1. The van der Waals surface area contributed by atoms with Crippen molar-refractivity contribution in [1.82, 2.24) is 0 Å². The van der Waals surface area contributed by atoms with E-state index < -0.39 is 27.1 Å². The van der Waals surface area contributed by atoms with Crippen LogP contribution in [0.1, 0.15) is 6.92 Å². The Morgan fingerprint density at radius 1 is 0.295 bits per heavy atom. The molecule has 6 aromatic rings. The molecule has 0 aliphatic heterocycles. The van der Waals surface area contributed by atoms with Gasteiger partial charge in [0.15, 0.2) is 0 Å². The third-order valence-corrected chi connectivity index (χ3v) is 27.2. The summed E-state index contributed by atoms with van der Waals surface area (Å²) in [4.78, 5) is 42.2. The molecule has 0 radical (unpaired) electrons. The van der Waals surface area contributed by atoms with Gasteiger partial charge in [0.25, 0.3) is 0 Å². The zero-order valence-electron chi connectivity index (χ0n) is 24.7. The molecule has 0 spiro atoms. The van der Waals surface area contributed by atoms with Crippen LogP contribution in [-0.4, -0.2) is 19.3 Å². The van der Waals surface area contributed by atoms with Crippen molar-refractivity contribution in [2.24, 2.45) is 0 Å². The van der Waals surface area contributed by atoms with E-state index in [2.05, 4.69) is 0 Å². The van der Waals surface area contributed by atoms with Gasteiger partial charge in [0, 0.05) is 0 Å². The molecule has 0 bridgehead atoms. The summed E-state index contributed by atoms with van der Waals surface area (Å²) in [6, 6.07) is 58.5. The summed E-state index contributed by atoms with van der Waals surface area (Å²) in [5.41, 5.74) is 0. The molecule has 6 rings (SSSR count). The molecule has 0 aromatic heterocycles. The van der Waals surface area contributed by atoms with Crippen LogP contribution < -0.4 is 31.8 Å². The molecular formula is C38H39O3P3. The first-order chi connectivity index (χ1) is 21.4. The molecule has 224 valence electrons. The Kier molecular flexibility index (Phi) is 8.65. The topological polar surface area (TPSA) is 60.7 Å². The average Bonchev–Trinajstić information content (AvgIpc) is 3.12. The van der Waals surface area contributed by atoms with E-state index in [0.717, 1.165) is 31.8 Å². The fraction of sp³-hybridized carbons (Fsp3) is 0.0526. The first-order valence-electron chi connectivity index (χ1n) is 14.9. The molecule has 0 unspecified atom stereocenters. The van der Waals surface area contributed by atoms with E-state index in [1.165, 1.54) is 0 Å². The molecule has 6 aromatic carbocycles. The van der Waals surface area contributed by atoms with Crippen LogP contribution >= 0.6 is 22.5 Å². The molecule has 0 saturated heterocycles. The van der Waals surface area contributed by atoms with E-state index in [1.807, 2.05) is 189 Å². The Hall–Kier alpha value is -3.51. The van der Waals surface area contributed by atoms with E-state index in [1.54, 1.807) is 0 Å². The van der Waals surface area contributed by atoms with Crippen LogP contribution in [0.4, 0.5) is 0 Å². The van der Waals surface area contributed by atoms with Crippen molar-refractivity contribution in [3.05, 3.63) is 182 Å². The number of hydrogen-bond acceptors (Lipinski definition) is 3. The standard InChI is InChI=1S/C38H39O3P3/c1-38(42(39,32-20-8-2-9-21-32)33-22-10-3-11-23-33,43(40,34-24-12-4-13-25-34)35-26-14-5-15-27-35)44(41,36-28-16-6-17-29-36)37-30-18-7-19-31-37/h2-31,39-44H,1H3. The van der Waals surface area contributed by atoms with Crippen LogP contribution in [0.15, 0.2) is 182 Å². The molecule has 3 N–H and O–H groups in total. The van der Waals surface area contributed by atoms with Gasteiger partial charge in [-0.3, -0.25) is 0 Å². The number of rotatable bonds is 9.